The predicted octanol–water partition coefficient (Wildman–Crippen LogP) is 3.16. The van der Waals surface area contributed by atoms with Gasteiger partial charge in [-0.2, -0.15) is 0 Å². The number of nitrogens with two attached hydrogens (primary N) is 2. The summed E-state index contributed by atoms with van der Waals surface area (Å²) in [7, 11) is 0. The third-order valence-electron chi connectivity index (χ3n) is 4.67. The van der Waals surface area contributed by atoms with Crippen molar-refractivity contribution >= 4 is 27.7 Å². The molecule has 2 unspecified atom stereocenters. The fraction of sp³-hybridized carbons (Fsp3) is 0.706. The van der Waals surface area contributed by atoms with Crippen LogP contribution in [0.4, 0.5) is 5.82 Å². The van der Waals surface area contributed by atoms with E-state index < -0.39 is 0 Å². The topological polar surface area (TPSA) is 107 Å². The number of hydrogen-bond donors (Lipinski definition) is 3. The number of aromatic nitrogens is 2. The number of rotatable bonds is 2. The van der Waals surface area contributed by atoms with Crippen LogP contribution in [0.3, 0.4) is 0 Å². The minimum Gasteiger partial charge on any atom is -0.382 e. The maximum Gasteiger partial charge on any atom is 0.273 e. The first-order valence-electron chi connectivity index (χ1n) is 8.75. The van der Waals surface area contributed by atoms with Crippen LogP contribution in [0.15, 0.2) is 10.8 Å². The van der Waals surface area contributed by atoms with Gasteiger partial charge in [0, 0.05) is 11.6 Å². The standard InChI is InChI=1S/C17H28BrN5O/c1-17(20)9-5-2-3-7-12(8-4-6-10-17)22-16(24)14-15(19)21-11-13(18)23-14/h11-12H,2-10,20H2,1H3,(H2,19,21)(H,22,24). The molecule has 6 nitrogen and oxygen atoms in total. The Bertz CT molecular complexity index is 564. The minimum atomic E-state index is -0.246. The molecular weight excluding hydrogens is 370 g/mol. The van der Waals surface area contributed by atoms with Crippen LogP contribution in [0.5, 0.6) is 0 Å². The van der Waals surface area contributed by atoms with Gasteiger partial charge < -0.3 is 16.8 Å². The molecule has 1 fully saturated rings. The Labute approximate surface area is 152 Å². The van der Waals surface area contributed by atoms with Crippen molar-refractivity contribution in [2.45, 2.75) is 76.3 Å². The van der Waals surface area contributed by atoms with Crippen LogP contribution in [-0.2, 0) is 0 Å². The molecule has 5 N–H and O–H groups in total. The number of amides is 1. The normalized spacial score (nSPS) is 26.4. The van der Waals surface area contributed by atoms with Gasteiger partial charge in [0.1, 0.15) is 4.60 Å². The summed E-state index contributed by atoms with van der Waals surface area (Å²) < 4.78 is 0.506. The fourth-order valence-electron chi connectivity index (χ4n) is 3.23. The van der Waals surface area contributed by atoms with Gasteiger partial charge in [0.15, 0.2) is 11.5 Å². The average molecular weight is 398 g/mol. The third kappa shape index (κ3) is 6.02. The summed E-state index contributed by atoms with van der Waals surface area (Å²) in [5.74, 6) is -0.0869. The van der Waals surface area contributed by atoms with E-state index in [1.54, 1.807) is 0 Å². The molecular formula is C17H28BrN5O. The third-order valence-corrected chi connectivity index (χ3v) is 5.05. The Morgan fingerprint density at radius 3 is 2.58 bits per heavy atom. The maximum absolute atomic E-state index is 12.5. The van der Waals surface area contributed by atoms with Crippen molar-refractivity contribution < 1.29 is 4.79 Å². The summed E-state index contributed by atoms with van der Waals surface area (Å²) in [5, 5.41) is 3.09. The second-order valence-electron chi connectivity index (χ2n) is 7.10. The summed E-state index contributed by atoms with van der Waals surface area (Å²) in [6, 6.07) is 0.153. The van der Waals surface area contributed by atoms with E-state index in [1.807, 2.05) is 0 Å². The van der Waals surface area contributed by atoms with Crippen LogP contribution >= 0.6 is 15.9 Å². The van der Waals surface area contributed by atoms with Crippen molar-refractivity contribution in [2.24, 2.45) is 5.73 Å². The van der Waals surface area contributed by atoms with E-state index in [-0.39, 0.29) is 29.0 Å². The van der Waals surface area contributed by atoms with E-state index in [1.165, 1.54) is 6.20 Å². The lowest BCUT2D eigenvalue weighted by atomic mass is 9.90. The van der Waals surface area contributed by atoms with Crippen molar-refractivity contribution in [2.75, 3.05) is 5.73 Å². The highest BCUT2D eigenvalue weighted by Gasteiger charge is 2.21. The summed E-state index contributed by atoms with van der Waals surface area (Å²) in [5.41, 5.74) is 12.3. The zero-order valence-corrected chi connectivity index (χ0v) is 15.9. The highest BCUT2D eigenvalue weighted by Crippen LogP contribution is 2.23. The quantitative estimate of drug-likeness (QED) is 0.710. The zero-order chi connectivity index (χ0) is 17.6. The average Bonchev–Trinajstić information content (AvgIpc) is 2.55. The number of hydrogen-bond acceptors (Lipinski definition) is 5. The minimum absolute atomic E-state index is 0.0521. The van der Waals surface area contributed by atoms with Gasteiger partial charge in [0.2, 0.25) is 0 Å². The Morgan fingerprint density at radius 1 is 1.25 bits per heavy atom. The second kappa shape index (κ2) is 8.76. The molecule has 0 bridgehead atoms. The molecule has 1 amide bonds. The number of carbonyl (C=O) groups is 1. The molecule has 24 heavy (non-hydrogen) atoms. The molecule has 0 aliphatic heterocycles. The van der Waals surface area contributed by atoms with E-state index in [0.717, 1.165) is 57.8 Å². The van der Waals surface area contributed by atoms with E-state index in [2.05, 4.69) is 38.1 Å². The van der Waals surface area contributed by atoms with E-state index in [0.29, 0.717) is 4.60 Å². The Morgan fingerprint density at radius 2 is 1.88 bits per heavy atom. The van der Waals surface area contributed by atoms with Crippen molar-refractivity contribution in [1.29, 1.82) is 0 Å². The fourth-order valence-corrected chi connectivity index (χ4v) is 3.51. The number of halogens is 1. The number of nitrogens with zero attached hydrogens (tertiary/aromatic N) is 2. The van der Waals surface area contributed by atoms with Crippen LogP contribution in [0, 0.1) is 0 Å². The monoisotopic (exact) mass is 397 g/mol. The molecule has 7 heteroatoms. The number of carbonyl (C=O) groups excluding carboxylic acids is 1. The first kappa shape index (κ1) is 19.1. The van der Waals surface area contributed by atoms with Gasteiger partial charge in [0.05, 0.1) is 6.20 Å². The Balaban J connectivity index is 1.96. The maximum atomic E-state index is 12.5. The summed E-state index contributed by atoms with van der Waals surface area (Å²) in [6.45, 7) is 2.15. The highest BCUT2D eigenvalue weighted by molar-refractivity contribution is 9.10. The van der Waals surface area contributed by atoms with Gasteiger partial charge in [0.25, 0.3) is 5.91 Å². The van der Waals surface area contributed by atoms with Gasteiger partial charge in [-0.15, -0.1) is 0 Å². The van der Waals surface area contributed by atoms with Crippen molar-refractivity contribution in [3.63, 3.8) is 0 Å². The first-order chi connectivity index (χ1) is 11.4. The molecule has 2 rings (SSSR count). The molecule has 1 heterocycles. The summed E-state index contributed by atoms with van der Waals surface area (Å²) in [6.07, 6.45) is 11.1. The molecule has 134 valence electrons. The first-order valence-corrected chi connectivity index (χ1v) is 9.54. The van der Waals surface area contributed by atoms with Crippen molar-refractivity contribution in [3.05, 3.63) is 16.5 Å². The lowest BCUT2D eigenvalue weighted by Gasteiger charge is -2.24. The van der Waals surface area contributed by atoms with Crippen LogP contribution in [0.25, 0.3) is 0 Å². The van der Waals surface area contributed by atoms with Gasteiger partial charge in [-0.05, 0) is 48.5 Å². The SMILES string of the molecule is CC1(N)CCCCCC(NC(=O)c2nc(Br)cnc2N)CCCC1. The molecule has 1 aromatic heterocycles. The molecule has 0 saturated heterocycles. The molecule has 1 aromatic rings. The molecule has 0 radical (unpaired) electrons. The predicted molar refractivity (Wildman–Crippen MR) is 99.5 cm³/mol. The second-order valence-corrected chi connectivity index (χ2v) is 7.91. The summed E-state index contributed by atoms with van der Waals surface area (Å²) >= 11 is 3.23. The summed E-state index contributed by atoms with van der Waals surface area (Å²) in [4.78, 5) is 20.6. The smallest absolute Gasteiger partial charge is 0.273 e. The van der Waals surface area contributed by atoms with E-state index in [9.17, 15) is 4.79 Å². The lowest BCUT2D eigenvalue weighted by molar-refractivity contribution is 0.0927. The van der Waals surface area contributed by atoms with Crippen molar-refractivity contribution in [3.8, 4) is 0 Å². The van der Waals surface area contributed by atoms with Gasteiger partial charge in [-0.1, -0.05) is 32.1 Å². The van der Waals surface area contributed by atoms with Crippen LogP contribution in [-0.4, -0.2) is 27.5 Å². The van der Waals surface area contributed by atoms with Gasteiger partial charge >= 0.3 is 0 Å². The number of nitrogens with one attached hydrogen (secondary N) is 1. The molecule has 0 aromatic carbocycles. The van der Waals surface area contributed by atoms with Gasteiger partial charge in [-0.3, -0.25) is 4.79 Å². The largest absolute Gasteiger partial charge is 0.382 e. The zero-order valence-electron chi connectivity index (χ0n) is 14.4. The molecule has 1 aliphatic rings. The Kier molecular flexibility index (Phi) is 6.98. The van der Waals surface area contributed by atoms with Gasteiger partial charge in [-0.25, -0.2) is 9.97 Å². The van der Waals surface area contributed by atoms with Crippen molar-refractivity contribution in [1.82, 2.24) is 15.3 Å². The number of anilines is 1. The molecule has 1 saturated carbocycles. The molecule has 1 aliphatic carbocycles. The van der Waals surface area contributed by atoms with Crippen LogP contribution < -0.4 is 16.8 Å². The van der Waals surface area contributed by atoms with Crippen LogP contribution in [0.1, 0.15) is 75.2 Å². The molecule has 2 atom stereocenters. The highest BCUT2D eigenvalue weighted by atomic mass is 79.9. The lowest BCUT2D eigenvalue weighted by Crippen LogP contribution is -2.36. The van der Waals surface area contributed by atoms with E-state index in [4.69, 9.17) is 11.5 Å². The van der Waals surface area contributed by atoms with E-state index >= 15 is 0 Å². The molecule has 0 spiro atoms. The Hall–Kier alpha value is -1.21. The van der Waals surface area contributed by atoms with Crippen LogP contribution in [0.2, 0.25) is 0 Å². The number of nitrogen functional groups attached to an aromatic ring is 1.